The number of nitrogens with one attached hydrogen (secondary N) is 1. The molecule has 3 N–H and O–H groups in total. The van der Waals surface area contributed by atoms with Crippen molar-refractivity contribution in [3.63, 3.8) is 0 Å². The second-order valence-corrected chi connectivity index (χ2v) is 3.72. The minimum Gasteiger partial charge on any atom is -0.352 e. The summed E-state index contributed by atoms with van der Waals surface area (Å²) in [5.74, 6) is 6.50. The van der Waals surface area contributed by atoms with Gasteiger partial charge in [-0.15, -0.1) is 0 Å². The van der Waals surface area contributed by atoms with Crippen molar-refractivity contribution in [1.29, 1.82) is 5.26 Å². The first-order chi connectivity index (χ1) is 7.85. The zero-order valence-electron chi connectivity index (χ0n) is 8.93. The maximum atomic E-state index is 8.62. The fourth-order valence-corrected chi connectivity index (χ4v) is 1.62. The fraction of sp³-hybridized carbons (Fsp3) is 0.500. The van der Waals surface area contributed by atoms with Crippen LogP contribution in [0.1, 0.15) is 19.3 Å². The minimum absolute atomic E-state index is 0.403. The van der Waals surface area contributed by atoms with Gasteiger partial charge in [0, 0.05) is 18.8 Å². The lowest BCUT2D eigenvalue weighted by Crippen LogP contribution is -2.28. The van der Waals surface area contributed by atoms with Crippen molar-refractivity contribution in [2.75, 3.05) is 16.9 Å². The summed E-state index contributed by atoms with van der Waals surface area (Å²) in [5.41, 5.74) is 2.42. The average Bonchev–Trinajstić information content (AvgIpc) is 3.14. The molecule has 6 nitrogen and oxygen atoms in total. The van der Waals surface area contributed by atoms with Gasteiger partial charge in [0.25, 0.3) is 0 Å². The number of nitrogen functional groups attached to an aromatic ring is 1. The second-order valence-electron chi connectivity index (χ2n) is 3.72. The molecule has 1 fully saturated rings. The highest BCUT2D eigenvalue weighted by Crippen LogP contribution is 2.30. The molecule has 16 heavy (non-hydrogen) atoms. The third-order valence-electron chi connectivity index (χ3n) is 2.52. The monoisotopic (exact) mass is 218 g/mol. The summed E-state index contributed by atoms with van der Waals surface area (Å²) in [6, 6.07) is 4.52. The Kier molecular flexibility index (Phi) is 3.17. The van der Waals surface area contributed by atoms with Crippen molar-refractivity contribution < 1.29 is 0 Å². The Morgan fingerprint density at radius 3 is 3.06 bits per heavy atom. The first kappa shape index (κ1) is 10.6. The van der Waals surface area contributed by atoms with Crippen molar-refractivity contribution in [3.05, 3.63) is 12.3 Å². The van der Waals surface area contributed by atoms with Crippen LogP contribution in [0, 0.1) is 11.3 Å². The number of nitriles is 1. The van der Waals surface area contributed by atoms with Gasteiger partial charge in [-0.05, 0) is 18.9 Å². The lowest BCUT2D eigenvalue weighted by molar-refractivity contribution is 0.776. The van der Waals surface area contributed by atoms with Crippen LogP contribution in [0.25, 0.3) is 0 Å². The number of nitrogens with two attached hydrogens (primary N) is 1. The molecular weight excluding hydrogens is 204 g/mol. The van der Waals surface area contributed by atoms with Crippen LogP contribution in [0.4, 0.5) is 11.8 Å². The van der Waals surface area contributed by atoms with Crippen LogP contribution >= 0.6 is 0 Å². The van der Waals surface area contributed by atoms with Gasteiger partial charge in [0.2, 0.25) is 5.95 Å². The molecule has 0 aliphatic heterocycles. The second kappa shape index (κ2) is 4.77. The predicted octanol–water partition coefficient (Wildman–Crippen LogP) is 0.645. The SMILES string of the molecule is N#CCCN(c1ccnc(NN)n1)C1CC1. The Balaban J connectivity index is 2.14. The molecule has 6 heteroatoms. The molecule has 0 spiro atoms. The predicted molar refractivity (Wildman–Crippen MR) is 60.4 cm³/mol. The van der Waals surface area contributed by atoms with Crippen LogP contribution in [-0.2, 0) is 0 Å². The molecule has 0 aromatic carbocycles. The van der Waals surface area contributed by atoms with Crippen LogP contribution in [0.15, 0.2) is 12.3 Å². The number of aromatic nitrogens is 2. The number of hydrogen-bond donors (Lipinski definition) is 2. The zero-order chi connectivity index (χ0) is 11.4. The van der Waals surface area contributed by atoms with E-state index in [0.717, 1.165) is 5.82 Å². The molecular formula is C10H14N6. The van der Waals surface area contributed by atoms with E-state index >= 15 is 0 Å². The van der Waals surface area contributed by atoms with Gasteiger partial charge < -0.3 is 4.90 Å². The molecule has 0 atom stereocenters. The lowest BCUT2D eigenvalue weighted by Gasteiger charge is -2.22. The van der Waals surface area contributed by atoms with E-state index in [2.05, 4.69) is 26.4 Å². The number of nitrogens with zero attached hydrogens (tertiary/aromatic N) is 4. The molecule has 0 radical (unpaired) electrons. The van der Waals surface area contributed by atoms with Gasteiger partial charge in [-0.2, -0.15) is 10.2 Å². The standard InChI is InChI=1S/C10H14N6/c11-5-1-7-16(8-2-3-8)9-4-6-13-10(14-9)15-12/h4,6,8H,1-3,7,12H2,(H,13,14,15). The number of hydrogen-bond acceptors (Lipinski definition) is 6. The summed E-state index contributed by atoms with van der Waals surface area (Å²) in [5, 5.41) is 8.62. The van der Waals surface area contributed by atoms with Gasteiger partial charge >= 0.3 is 0 Å². The fourth-order valence-electron chi connectivity index (χ4n) is 1.62. The van der Waals surface area contributed by atoms with Crippen LogP contribution in [-0.4, -0.2) is 22.6 Å². The summed E-state index contributed by atoms with van der Waals surface area (Å²) >= 11 is 0. The normalized spacial score (nSPS) is 14.2. The van der Waals surface area contributed by atoms with Gasteiger partial charge in [-0.1, -0.05) is 0 Å². The van der Waals surface area contributed by atoms with E-state index in [1.54, 1.807) is 6.20 Å². The first-order valence-corrected chi connectivity index (χ1v) is 5.28. The van der Waals surface area contributed by atoms with Gasteiger partial charge in [-0.3, -0.25) is 5.43 Å². The van der Waals surface area contributed by atoms with Crippen LogP contribution in [0.2, 0.25) is 0 Å². The number of anilines is 2. The highest BCUT2D eigenvalue weighted by molar-refractivity contribution is 5.44. The maximum Gasteiger partial charge on any atom is 0.239 e. The summed E-state index contributed by atoms with van der Waals surface area (Å²) in [6.45, 7) is 0.711. The first-order valence-electron chi connectivity index (χ1n) is 5.28. The Hall–Kier alpha value is -1.87. The van der Waals surface area contributed by atoms with E-state index in [-0.39, 0.29) is 0 Å². The summed E-state index contributed by atoms with van der Waals surface area (Å²) < 4.78 is 0. The maximum absolute atomic E-state index is 8.62. The third kappa shape index (κ3) is 2.38. The summed E-state index contributed by atoms with van der Waals surface area (Å²) in [6.07, 6.45) is 4.51. The van der Waals surface area contributed by atoms with E-state index in [9.17, 15) is 0 Å². The average molecular weight is 218 g/mol. The Morgan fingerprint density at radius 1 is 1.62 bits per heavy atom. The van der Waals surface area contributed by atoms with Crippen molar-refractivity contribution in [3.8, 4) is 6.07 Å². The highest BCUT2D eigenvalue weighted by Gasteiger charge is 2.29. The van der Waals surface area contributed by atoms with E-state index in [0.29, 0.717) is 25.0 Å². The van der Waals surface area contributed by atoms with Gasteiger partial charge in [0.05, 0.1) is 12.5 Å². The van der Waals surface area contributed by atoms with E-state index < -0.39 is 0 Å². The van der Waals surface area contributed by atoms with Crippen molar-refractivity contribution >= 4 is 11.8 Å². The van der Waals surface area contributed by atoms with Crippen molar-refractivity contribution in [1.82, 2.24) is 9.97 Å². The third-order valence-corrected chi connectivity index (χ3v) is 2.52. The van der Waals surface area contributed by atoms with Crippen molar-refractivity contribution in [2.24, 2.45) is 5.84 Å². The Labute approximate surface area is 94.1 Å². The Morgan fingerprint density at radius 2 is 2.44 bits per heavy atom. The molecule has 0 saturated heterocycles. The Bertz CT molecular complexity index is 395. The minimum atomic E-state index is 0.403. The number of hydrazine groups is 1. The van der Waals surface area contributed by atoms with Crippen molar-refractivity contribution in [2.45, 2.75) is 25.3 Å². The van der Waals surface area contributed by atoms with Crippen LogP contribution < -0.4 is 16.2 Å². The molecule has 0 bridgehead atoms. The molecule has 1 aliphatic carbocycles. The van der Waals surface area contributed by atoms with E-state index in [1.807, 2.05) is 6.07 Å². The lowest BCUT2D eigenvalue weighted by atomic mass is 10.3. The summed E-state index contributed by atoms with van der Waals surface area (Å²) in [4.78, 5) is 10.4. The molecule has 2 rings (SSSR count). The van der Waals surface area contributed by atoms with E-state index in [4.69, 9.17) is 11.1 Å². The van der Waals surface area contributed by atoms with Gasteiger partial charge in [0.1, 0.15) is 5.82 Å². The summed E-state index contributed by atoms with van der Waals surface area (Å²) in [7, 11) is 0. The molecule has 84 valence electrons. The van der Waals surface area contributed by atoms with Crippen LogP contribution in [0.3, 0.4) is 0 Å². The molecule has 1 aliphatic rings. The van der Waals surface area contributed by atoms with Gasteiger partial charge in [-0.25, -0.2) is 10.8 Å². The topological polar surface area (TPSA) is 90.9 Å². The molecule has 1 aromatic heterocycles. The zero-order valence-corrected chi connectivity index (χ0v) is 8.93. The molecule has 1 saturated carbocycles. The largest absolute Gasteiger partial charge is 0.352 e. The molecule has 0 amide bonds. The smallest absolute Gasteiger partial charge is 0.239 e. The molecule has 0 unspecified atom stereocenters. The molecule has 1 aromatic rings. The molecule has 1 heterocycles. The number of rotatable bonds is 5. The highest BCUT2D eigenvalue weighted by atomic mass is 15.3. The van der Waals surface area contributed by atoms with E-state index in [1.165, 1.54) is 12.8 Å². The van der Waals surface area contributed by atoms with Crippen LogP contribution in [0.5, 0.6) is 0 Å². The quantitative estimate of drug-likeness (QED) is 0.557. The van der Waals surface area contributed by atoms with Gasteiger partial charge in [0.15, 0.2) is 0 Å².